The molecule has 26 heavy (non-hydrogen) atoms. The van der Waals surface area contributed by atoms with E-state index in [0.29, 0.717) is 37.6 Å². The number of amides is 2. The SMILES string of the molecule is CNC(C(=O)N1CCN(c2ncccc2C(N)=O)CC1)c1cnn(C)c1. The number of piperazine rings is 1. The summed E-state index contributed by atoms with van der Waals surface area (Å²) in [5.41, 5.74) is 6.67. The summed E-state index contributed by atoms with van der Waals surface area (Å²) in [6.45, 7) is 2.27. The van der Waals surface area contributed by atoms with Gasteiger partial charge in [-0.2, -0.15) is 5.10 Å². The Labute approximate surface area is 151 Å². The number of anilines is 1. The minimum atomic E-state index is -0.501. The number of pyridine rings is 1. The molecule has 0 saturated carbocycles. The minimum Gasteiger partial charge on any atom is -0.365 e. The molecule has 0 spiro atoms. The van der Waals surface area contributed by atoms with Gasteiger partial charge in [-0.25, -0.2) is 4.98 Å². The van der Waals surface area contributed by atoms with Crippen molar-refractivity contribution in [3.05, 3.63) is 41.9 Å². The highest BCUT2D eigenvalue weighted by Crippen LogP contribution is 2.21. The maximum Gasteiger partial charge on any atom is 0.252 e. The van der Waals surface area contributed by atoms with E-state index in [1.165, 1.54) is 0 Å². The lowest BCUT2D eigenvalue weighted by atomic mass is 10.1. The highest BCUT2D eigenvalue weighted by atomic mass is 16.2. The van der Waals surface area contributed by atoms with Gasteiger partial charge in [0.2, 0.25) is 5.91 Å². The number of nitrogens with zero attached hydrogens (tertiary/aromatic N) is 5. The zero-order valence-corrected chi connectivity index (χ0v) is 14.9. The van der Waals surface area contributed by atoms with Gasteiger partial charge >= 0.3 is 0 Å². The Morgan fingerprint density at radius 3 is 2.58 bits per heavy atom. The third-order valence-corrected chi connectivity index (χ3v) is 4.54. The van der Waals surface area contributed by atoms with Crippen molar-refractivity contribution >= 4 is 17.6 Å². The molecule has 3 heterocycles. The number of likely N-dealkylation sites (N-methyl/N-ethyl adjacent to an activating group) is 1. The second-order valence-corrected chi connectivity index (χ2v) is 6.22. The summed E-state index contributed by atoms with van der Waals surface area (Å²) in [5, 5.41) is 7.20. The average molecular weight is 357 g/mol. The normalized spacial score (nSPS) is 15.8. The van der Waals surface area contributed by atoms with E-state index in [1.54, 1.807) is 36.3 Å². The standard InChI is InChI=1S/C17H23N7O2/c1-19-14(12-10-21-22(2)11-12)17(26)24-8-6-23(7-9-24)16-13(15(18)25)4-3-5-20-16/h3-5,10-11,14,19H,6-9H2,1-2H3,(H2,18,25). The van der Waals surface area contributed by atoms with Crippen LogP contribution in [0.15, 0.2) is 30.7 Å². The van der Waals surface area contributed by atoms with E-state index in [1.807, 2.05) is 23.0 Å². The minimum absolute atomic E-state index is 0.0105. The lowest BCUT2D eigenvalue weighted by Crippen LogP contribution is -2.51. The fraction of sp³-hybridized carbons (Fsp3) is 0.412. The fourth-order valence-corrected chi connectivity index (χ4v) is 3.18. The topological polar surface area (TPSA) is 109 Å². The van der Waals surface area contributed by atoms with Crippen molar-refractivity contribution < 1.29 is 9.59 Å². The van der Waals surface area contributed by atoms with E-state index < -0.39 is 11.9 Å². The highest BCUT2D eigenvalue weighted by Gasteiger charge is 2.29. The molecule has 1 saturated heterocycles. The summed E-state index contributed by atoms with van der Waals surface area (Å²) in [6, 6.07) is 2.93. The van der Waals surface area contributed by atoms with E-state index in [9.17, 15) is 9.59 Å². The molecule has 2 amide bonds. The van der Waals surface area contributed by atoms with Crippen LogP contribution in [0.25, 0.3) is 0 Å². The Bertz CT molecular complexity index is 796. The van der Waals surface area contributed by atoms with Crippen LogP contribution in [0, 0.1) is 0 Å². The zero-order valence-electron chi connectivity index (χ0n) is 14.9. The first-order valence-corrected chi connectivity index (χ1v) is 8.45. The summed E-state index contributed by atoms with van der Waals surface area (Å²) in [5.74, 6) is 0.0826. The molecule has 9 heteroatoms. The Morgan fingerprint density at radius 1 is 1.27 bits per heavy atom. The van der Waals surface area contributed by atoms with Gasteiger partial charge in [0.05, 0.1) is 11.8 Å². The summed E-state index contributed by atoms with van der Waals surface area (Å²) >= 11 is 0. The van der Waals surface area contributed by atoms with E-state index in [-0.39, 0.29) is 5.91 Å². The average Bonchev–Trinajstić information content (AvgIpc) is 3.08. The number of primary amides is 1. The van der Waals surface area contributed by atoms with Gasteiger partial charge in [-0.15, -0.1) is 0 Å². The number of rotatable bonds is 5. The molecule has 1 unspecified atom stereocenters. The molecule has 138 valence electrons. The van der Waals surface area contributed by atoms with Gasteiger partial charge in [0.25, 0.3) is 5.91 Å². The van der Waals surface area contributed by atoms with Gasteiger partial charge < -0.3 is 20.9 Å². The van der Waals surface area contributed by atoms with Crippen molar-refractivity contribution in [2.45, 2.75) is 6.04 Å². The van der Waals surface area contributed by atoms with Gasteiger partial charge in [0.15, 0.2) is 0 Å². The van der Waals surface area contributed by atoms with Crippen molar-refractivity contribution in [1.29, 1.82) is 0 Å². The second kappa shape index (κ2) is 7.52. The Kier molecular flexibility index (Phi) is 5.17. The number of carbonyl (C=O) groups is 2. The predicted molar refractivity (Wildman–Crippen MR) is 96.6 cm³/mol. The quantitative estimate of drug-likeness (QED) is 0.748. The molecule has 2 aromatic heterocycles. The van der Waals surface area contributed by atoms with E-state index >= 15 is 0 Å². The van der Waals surface area contributed by atoms with Crippen molar-refractivity contribution in [2.75, 3.05) is 38.1 Å². The van der Waals surface area contributed by atoms with Crippen LogP contribution in [0.1, 0.15) is 22.0 Å². The summed E-state index contributed by atoms with van der Waals surface area (Å²) < 4.78 is 1.68. The second-order valence-electron chi connectivity index (χ2n) is 6.22. The molecule has 2 aromatic rings. The number of nitrogens with two attached hydrogens (primary N) is 1. The van der Waals surface area contributed by atoms with Crippen LogP contribution in [0.4, 0.5) is 5.82 Å². The fourth-order valence-electron chi connectivity index (χ4n) is 3.18. The van der Waals surface area contributed by atoms with Crippen molar-refractivity contribution in [1.82, 2.24) is 25.0 Å². The zero-order chi connectivity index (χ0) is 18.7. The number of carbonyl (C=O) groups excluding carboxylic acids is 2. The first-order valence-electron chi connectivity index (χ1n) is 8.45. The largest absolute Gasteiger partial charge is 0.365 e. The third kappa shape index (κ3) is 3.52. The number of hydrogen-bond donors (Lipinski definition) is 2. The summed E-state index contributed by atoms with van der Waals surface area (Å²) in [4.78, 5) is 32.6. The van der Waals surface area contributed by atoms with Crippen LogP contribution < -0.4 is 16.0 Å². The van der Waals surface area contributed by atoms with E-state index in [4.69, 9.17) is 5.73 Å². The maximum atomic E-state index is 12.9. The van der Waals surface area contributed by atoms with Gasteiger partial charge in [-0.1, -0.05) is 0 Å². The number of aromatic nitrogens is 3. The molecule has 1 aliphatic heterocycles. The number of aryl methyl sites for hydroxylation is 1. The Hall–Kier alpha value is -2.94. The van der Waals surface area contributed by atoms with Gasteiger partial charge in [-0.05, 0) is 19.2 Å². The van der Waals surface area contributed by atoms with Gasteiger partial charge in [0.1, 0.15) is 11.9 Å². The van der Waals surface area contributed by atoms with Crippen LogP contribution in [-0.4, -0.2) is 64.7 Å². The molecule has 0 aromatic carbocycles. The van der Waals surface area contributed by atoms with Crippen molar-refractivity contribution in [2.24, 2.45) is 12.8 Å². The predicted octanol–water partition coefficient (Wildman–Crippen LogP) is -0.477. The maximum absolute atomic E-state index is 12.9. The highest BCUT2D eigenvalue weighted by molar-refractivity contribution is 5.97. The van der Waals surface area contributed by atoms with Gasteiger partial charge in [-0.3, -0.25) is 14.3 Å². The van der Waals surface area contributed by atoms with E-state index in [2.05, 4.69) is 15.4 Å². The monoisotopic (exact) mass is 357 g/mol. The molecule has 0 aliphatic carbocycles. The van der Waals surface area contributed by atoms with Gasteiger partial charge in [0, 0.05) is 51.2 Å². The lowest BCUT2D eigenvalue weighted by Gasteiger charge is -2.37. The first-order chi connectivity index (χ1) is 12.5. The Balaban J connectivity index is 1.68. The number of nitrogens with one attached hydrogen (secondary N) is 1. The smallest absolute Gasteiger partial charge is 0.252 e. The summed E-state index contributed by atoms with van der Waals surface area (Å²) in [6.07, 6.45) is 5.17. The number of hydrogen-bond acceptors (Lipinski definition) is 6. The van der Waals surface area contributed by atoms with E-state index in [0.717, 1.165) is 5.56 Å². The van der Waals surface area contributed by atoms with Crippen LogP contribution in [0.2, 0.25) is 0 Å². The molecule has 0 radical (unpaired) electrons. The molecule has 0 bridgehead atoms. The third-order valence-electron chi connectivity index (χ3n) is 4.54. The lowest BCUT2D eigenvalue weighted by molar-refractivity contribution is -0.133. The first kappa shape index (κ1) is 17.9. The molecular formula is C17H23N7O2. The van der Waals surface area contributed by atoms with Crippen LogP contribution in [0.3, 0.4) is 0 Å². The van der Waals surface area contributed by atoms with Crippen LogP contribution >= 0.6 is 0 Å². The molecular weight excluding hydrogens is 334 g/mol. The molecule has 1 atom stereocenters. The molecule has 3 N–H and O–H groups in total. The van der Waals surface area contributed by atoms with Crippen molar-refractivity contribution in [3.63, 3.8) is 0 Å². The molecule has 1 aliphatic rings. The van der Waals surface area contributed by atoms with Crippen LogP contribution in [0.5, 0.6) is 0 Å². The molecule has 9 nitrogen and oxygen atoms in total. The van der Waals surface area contributed by atoms with Crippen LogP contribution in [-0.2, 0) is 11.8 Å². The van der Waals surface area contributed by atoms with Crippen molar-refractivity contribution in [3.8, 4) is 0 Å². The Morgan fingerprint density at radius 2 is 2.00 bits per heavy atom. The molecule has 3 rings (SSSR count). The molecule has 1 fully saturated rings. The summed E-state index contributed by atoms with van der Waals surface area (Å²) in [7, 11) is 3.58.